The molecule has 7 heteroatoms. The molecule has 30 heavy (non-hydrogen) atoms. The van der Waals surface area contributed by atoms with Crippen molar-refractivity contribution in [1.82, 2.24) is 14.3 Å². The van der Waals surface area contributed by atoms with Crippen LogP contribution in [0.25, 0.3) is 16.6 Å². The number of aryl methyl sites for hydroxylation is 1. The fraction of sp³-hybridized carbons (Fsp3) is 0.217. The van der Waals surface area contributed by atoms with Gasteiger partial charge in [-0.15, -0.1) is 0 Å². The number of methoxy groups -OCH3 is 1. The van der Waals surface area contributed by atoms with Crippen molar-refractivity contribution in [3.63, 3.8) is 0 Å². The van der Waals surface area contributed by atoms with Crippen molar-refractivity contribution in [2.24, 2.45) is 0 Å². The van der Waals surface area contributed by atoms with Crippen molar-refractivity contribution in [3.8, 4) is 5.75 Å². The lowest BCUT2D eigenvalue weighted by molar-refractivity contribution is -0.121. The smallest absolute Gasteiger partial charge is 0.275 e. The van der Waals surface area contributed by atoms with Gasteiger partial charge in [-0.1, -0.05) is 34.1 Å². The third-order valence-corrected chi connectivity index (χ3v) is 5.65. The van der Waals surface area contributed by atoms with E-state index in [9.17, 15) is 9.59 Å². The highest BCUT2D eigenvalue weighted by Crippen LogP contribution is 2.21. The SMILES string of the molecule is COc1ccccc1CNC(=O)CCCn1c(=O)c2cccn2c2ccc(Br)cc21. The molecule has 4 rings (SSSR count). The number of nitrogens with one attached hydrogen (secondary N) is 1. The number of carbonyl (C=O) groups excluding carboxylic acids is 1. The number of fused-ring (bicyclic) bond motifs is 3. The standard InChI is InChI=1S/C23H22BrN3O3/c1-30-21-8-3-2-6-16(21)15-25-22(28)9-5-13-27-20-14-17(24)10-11-18(20)26-12-4-7-19(26)23(27)29/h2-4,6-8,10-12,14H,5,9,13,15H2,1H3,(H,25,28). The Morgan fingerprint density at radius 1 is 1.07 bits per heavy atom. The number of para-hydroxylation sites is 1. The van der Waals surface area contributed by atoms with Gasteiger partial charge in [-0.2, -0.15) is 0 Å². The van der Waals surface area contributed by atoms with Gasteiger partial charge in [0.2, 0.25) is 5.91 Å². The highest BCUT2D eigenvalue weighted by molar-refractivity contribution is 9.10. The summed E-state index contributed by atoms with van der Waals surface area (Å²) in [6, 6.07) is 17.2. The predicted molar refractivity (Wildman–Crippen MR) is 121 cm³/mol. The van der Waals surface area contributed by atoms with Crippen LogP contribution in [-0.2, 0) is 17.9 Å². The molecule has 0 saturated heterocycles. The third kappa shape index (κ3) is 3.98. The summed E-state index contributed by atoms with van der Waals surface area (Å²) in [6.07, 6.45) is 2.79. The average Bonchev–Trinajstić information content (AvgIpc) is 3.25. The van der Waals surface area contributed by atoms with Crippen LogP contribution in [0.15, 0.2) is 70.1 Å². The van der Waals surface area contributed by atoms with Gasteiger partial charge in [0.1, 0.15) is 11.3 Å². The molecule has 2 aromatic heterocycles. The second kappa shape index (κ2) is 8.75. The van der Waals surface area contributed by atoms with Gasteiger partial charge < -0.3 is 19.0 Å². The zero-order valence-corrected chi connectivity index (χ0v) is 18.2. The lowest BCUT2D eigenvalue weighted by Gasteiger charge is -2.13. The molecule has 0 aliphatic rings. The van der Waals surface area contributed by atoms with Crippen molar-refractivity contribution in [1.29, 1.82) is 0 Å². The quantitative estimate of drug-likeness (QED) is 0.444. The van der Waals surface area contributed by atoms with E-state index in [4.69, 9.17) is 4.74 Å². The fourth-order valence-corrected chi connectivity index (χ4v) is 4.03. The number of aromatic nitrogens is 2. The number of nitrogens with zero attached hydrogens (tertiary/aromatic N) is 2. The predicted octanol–water partition coefficient (Wildman–Crippen LogP) is 4.12. The zero-order chi connectivity index (χ0) is 21.1. The molecule has 4 aromatic rings. The maximum atomic E-state index is 13.0. The monoisotopic (exact) mass is 467 g/mol. The molecule has 0 aliphatic carbocycles. The maximum Gasteiger partial charge on any atom is 0.275 e. The number of halogens is 1. The summed E-state index contributed by atoms with van der Waals surface area (Å²) in [5, 5.41) is 2.93. The summed E-state index contributed by atoms with van der Waals surface area (Å²) in [7, 11) is 1.61. The van der Waals surface area contributed by atoms with Gasteiger partial charge in [0.15, 0.2) is 0 Å². The Balaban J connectivity index is 1.47. The van der Waals surface area contributed by atoms with E-state index < -0.39 is 0 Å². The molecule has 0 unspecified atom stereocenters. The summed E-state index contributed by atoms with van der Waals surface area (Å²) < 4.78 is 9.88. The molecule has 0 fully saturated rings. The Morgan fingerprint density at radius 2 is 1.90 bits per heavy atom. The topological polar surface area (TPSA) is 64.7 Å². The molecule has 2 heterocycles. The molecule has 0 radical (unpaired) electrons. The molecule has 0 saturated carbocycles. The maximum absolute atomic E-state index is 13.0. The summed E-state index contributed by atoms with van der Waals surface area (Å²) in [5.74, 6) is 0.699. The number of rotatable bonds is 7. The number of hydrogen-bond acceptors (Lipinski definition) is 3. The Kier molecular flexibility index (Phi) is 5.90. The second-order valence-corrected chi connectivity index (χ2v) is 7.96. The lowest BCUT2D eigenvalue weighted by atomic mass is 10.2. The lowest BCUT2D eigenvalue weighted by Crippen LogP contribution is -2.25. The molecule has 0 aliphatic heterocycles. The molecule has 2 aromatic carbocycles. The van der Waals surface area contributed by atoms with Crippen LogP contribution in [0.4, 0.5) is 0 Å². The molecule has 154 valence electrons. The van der Waals surface area contributed by atoms with Crippen LogP contribution in [-0.4, -0.2) is 22.0 Å². The Morgan fingerprint density at radius 3 is 2.73 bits per heavy atom. The van der Waals surface area contributed by atoms with Gasteiger partial charge in [-0.3, -0.25) is 9.59 Å². The molecule has 6 nitrogen and oxygen atoms in total. The van der Waals surface area contributed by atoms with Gasteiger partial charge in [-0.25, -0.2) is 0 Å². The number of carbonyl (C=O) groups is 1. The minimum atomic E-state index is -0.0555. The van der Waals surface area contributed by atoms with Gasteiger partial charge >= 0.3 is 0 Å². The molecule has 1 N–H and O–H groups in total. The average molecular weight is 468 g/mol. The van der Waals surface area contributed by atoms with E-state index in [1.807, 2.05) is 65.2 Å². The van der Waals surface area contributed by atoms with Crippen LogP contribution >= 0.6 is 15.9 Å². The highest BCUT2D eigenvalue weighted by atomic mass is 79.9. The van der Waals surface area contributed by atoms with Gasteiger partial charge in [0.25, 0.3) is 5.56 Å². The number of hydrogen-bond donors (Lipinski definition) is 1. The van der Waals surface area contributed by atoms with Crippen molar-refractivity contribution >= 4 is 38.4 Å². The Labute approximate surface area is 182 Å². The molecule has 0 atom stereocenters. The first-order valence-electron chi connectivity index (χ1n) is 9.76. The molecule has 0 bridgehead atoms. The third-order valence-electron chi connectivity index (χ3n) is 5.15. The summed E-state index contributed by atoms with van der Waals surface area (Å²) in [5.41, 5.74) is 3.30. The van der Waals surface area contributed by atoms with Crippen LogP contribution in [0, 0.1) is 0 Å². The van der Waals surface area contributed by atoms with Gasteiger partial charge in [0, 0.05) is 35.7 Å². The van der Waals surface area contributed by atoms with E-state index in [0.717, 1.165) is 26.8 Å². The van der Waals surface area contributed by atoms with E-state index in [2.05, 4.69) is 21.2 Å². The minimum absolute atomic E-state index is 0.0526. The van der Waals surface area contributed by atoms with Crippen LogP contribution in [0.1, 0.15) is 18.4 Å². The first kappa shape index (κ1) is 20.2. The number of ether oxygens (including phenoxy) is 1. The van der Waals surface area contributed by atoms with Crippen molar-refractivity contribution in [2.75, 3.05) is 7.11 Å². The Hall–Kier alpha value is -3.06. The van der Waals surface area contributed by atoms with E-state index in [-0.39, 0.29) is 11.5 Å². The van der Waals surface area contributed by atoms with Gasteiger partial charge in [0.05, 0.1) is 18.1 Å². The largest absolute Gasteiger partial charge is 0.496 e. The van der Waals surface area contributed by atoms with E-state index in [0.29, 0.717) is 31.4 Å². The highest BCUT2D eigenvalue weighted by Gasteiger charge is 2.12. The molecular formula is C23H22BrN3O3. The minimum Gasteiger partial charge on any atom is -0.496 e. The van der Waals surface area contributed by atoms with Crippen molar-refractivity contribution in [3.05, 3.63) is 81.2 Å². The van der Waals surface area contributed by atoms with Crippen LogP contribution in [0.2, 0.25) is 0 Å². The summed E-state index contributed by atoms with van der Waals surface area (Å²) in [6.45, 7) is 0.879. The van der Waals surface area contributed by atoms with E-state index in [1.54, 1.807) is 11.7 Å². The van der Waals surface area contributed by atoms with E-state index in [1.165, 1.54) is 0 Å². The fourth-order valence-electron chi connectivity index (χ4n) is 3.68. The van der Waals surface area contributed by atoms with E-state index >= 15 is 0 Å². The summed E-state index contributed by atoms with van der Waals surface area (Å²) >= 11 is 3.49. The Bertz CT molecular complexity index is 1280. The first-order valence-corrected chi connectivity index (χ1v) is 10.6. The normalized spacial score (nSPS) is 11.1. The van der Waals surface area contributed by atoms with Crippen LogP contribution in [0.5, 0.6) is 5.75 Å². The molecule has 1 amide bonds. The number of benzene rings is 2. The van der Waals surface area contributed by atoms with Crippen molar-refractivity contribution < 1.29 is 9.53 Å². The van der Waals surface area contributed by atoms with Crippen LogP contribution < -0.4 is 15.6 Å². The van der Waals surface area contributed by atoms with Crippen molar-refractivity contribution in [2.45, 2.75) is 25.9 Å². The van der Waals surface area contributed by atoms with Gasteiger partial charge in [-0.05, 0) is 42.8 Å². The number of amides is 1. The first-order chi connectivity index (χ1) is 14.6. The summed E-state index contributed by atoms with van der Waals surface area (Å²) in [4.78, 5) is 25.3. The van der Waals surface area contributed by atoms with Crippen LogP contribution in [0.3, 0.4) is 0 Å². The molecular weight excluding hydrogens is 446 g/mol. The zero-order valence-electron chi connectivity index (χ0n) is 16.6. The molecule has 0 spiro atoms. The second-order valence-electron chi connectivity index (χ2n) is 7.05.